The first-order chi connectivity index (χ1) is 16.5. The maximum absolute atomic E-state index is 12.9. The zero-order chi connectivity index (χ0) is 25.9. The van der Waals surface area contributed by atoms with Crippen molar-refractivity contribution < 1.29 is 24.2 Å². The third-order valence-electron chi connectivity index (χ3n) is 5.10. The number of carbonyl (C=O) groups excluding carboxylic acids is 2. The van der Waals surface area contributed by atoms with E-state index >= 15 is 0 Å². The number of benzene rings is 2. The van der Waals surface area contributed by atoms with E-state index in [9.17, 15) is 14.7 Å². The summed E-state index contributed by atoms with van der Waals surface area (Å²) in [5.41, 5.74) is 1.66. The summed E-state index contributed by atoms with van der Waals surface area (Å²) >= 11 is 13.3. The minimum Gasteiger partial charge on any atom is -0.506 e. The molecule has 0 spiro atoms. The number of thioether (sulfide) groups is 1. The molecular formula is C26H25Cl2NO5S. The van der Waals surface area contributed by atoms with Crippen LogP contribution < -0.4 is 4.74 Å². The molecule has 2 aromatic rings. The van der Waals surface area contributed by atoms with Crippen molar-refractivity contribution in [2.75, 3.05) is 13.7 Å². The van der Waals surface area contributed by atoms with Gasteiger partial charge in [-0.25, -0.2) is 9.79 Å². The molecule has 0 bridgehead atoms. The molecule has 3 rings (SSSR count). The van der Waals surface area contributed by atoms with Crippen molar-refractivity contribution in [3.05, 3.63) is 79.4 Å². The van der Waals surface area contributed by atoms with E-state index < -0.39 is 11.9 Å². The van der Waals surface area contributed by atoms with Gasteiger partial charge in [-0.3, -0.25) is 4.79 Å². The van der Waals surface area contributed by atoms with E-state index in [4.69, 9.17) is 32.7 Å². The van der Waals surface area contributed by atoms with Gasteiger partial charge >= 0.3 is 5.97 Å². The SMILES string of the molecule is CCOC(=O)C1=C(O)/C(=C\c2cc(Cl)cc(Cl)c2OC)SC1=NC(=O)c1ccc(C(C)(C)C)cc1. The number of rotatable bonds is 5. The van der Waals surface area contributed by atoms with Crippen LogP contribution in [0.1, 0.15) is 49.2 Å². The van der Waals surface area contributed by atoms with Crippen LogP contribution in [0.3, 0.4) is 0 Å². The summed E-state index contributed by atoms with van der Waals surface area (Å²) in [6.45, 7) is 7.97. The zero-order valence-electron chi connectivity index (χ0n) is 19.9. The quantitative estimate of drug-likeness (QED) is 0.416. The van der Waals surface area contributed by atoms with Crippen molar-refractivity contribution in [2.45, 2.75) is 33.1 Å². The van der Waals surface area contributed by atoms with Crippen LogP contribution in [-0.2, 0) is 14.9 Å². The lowest BCUT2D eigenvalue weighted by molar-refractivity contribution is -0.138. The maximum atomic E-state index is 12.9. The average molecular weight is 534 g/mol. The molecule has 6 nitrogen and oxygen atoms in total. The Morgan fingerprint density at radius 2 is 1.80 bits per heavy atom. The lowest BCUT2D eigenvalue weighted by Crippen LogP contribution is -2.14. The molecule has 0 aromatic heterocycles. The normalized spacial score (nSPS) is 16.2. The predicted octanol–water partition coefficient (Wildman–Crippen LogP) is 7.00. The first-order valence-electron chi connectivity index (χ1n) is 10.7. The number of aliphatic hydroxyl groups excluding tert-OH is 1. The Kier molecular flexibility index (Phi) is 8.36. The number of halogens is 2. The number of amides is 1. The van der Waals surface area contributed by atoms with Gasteiger partial charge in [0.15, 0.2) is 0 Å². The van der Waals surface area contributed by atoms with Crippen molar-refractivity contribution in [3.8, 4) is 5.75 Å². The molecule has 0 saturated heterocycles. The Bertz CT molecular complexity index is 1260. The minimum atomic E-state index is -0.786. The van der Waals surface area contributed by atoms with Crippen LogP contribution in [-0.4, -0.2) is 35.7 Å². The third kappa shape index (κ3) is 6.10. The molecular weight excluding hydrogens is 509 g/mol. The van der Waals surface area contributed by atoms with E-state index in [2.05, 4.69) is 25.8 Å². The van der Waals surface area contributed by atoms with Gasteiger partial charge in [0.25, 0.3) is 5.91 Å². The topological polar surface area (TPSA) is 85.2 Å². The van der Waals surface area contributed by atoms with Crippen molar-refractivity contribution in [1.82, 2.24) is 0 Å². The highest BCUT2D eigenvalue weighted by Crippen LogP contribution is 2.42. The fraction of sp³-hybridized carbons (Fsp3) is 0.269. The molecule has 0 fully saturated rings. The van der Waals surface area contributed by atoms with Crippen LogP contribution in [0.5, 0.6) is 5.75 Å². The Hall–Kier alpha value is -2.74. The molecule has 1 N–H and O–H groups in total. The summed E-state index contributed by atoms with van der Waals surface area (Å²) < 4.78 is 10.4. The van der Waals surface area contributed by atoms with E-state index in [1.165, 1.54) is 13.2 Å². The van der Waals surface area contributed by atoms with Gasteiger partial charge < -0.3 is 14.6 Å². The molecule has 2 aromatic carbocycles. The molecule has 0 unspecified atom stereocenters. The lowest BCUT2D eigenvalue weighted by Gasteiger charge is -2.18. The second kappa shape index (κ2) is 10.9. The van der Waals surface area contributed by atoms with Crippen molar-refractivity contribution >= 4 is 58.0 Å². The first kappa shape index (κ1) is 26.9. The summed E-state index contributed by atoms with van der Waals surface area (Å²) in [5.74, 6) is -1.35. The maximum Gasteiger partial charge on any atom is 0.344 e. The van der Waals surface area contributed by atoms with Crippen molar-refractivity contribution in [2.24, 2.45) is 4.99 Å². The van der Waals surface area contributed by atoms with Crippen LogP contribution in [0.15, 0.2) is 57.6 Å². The average Bonchev–Trinajstić information content (AvgIpc) is 3.07. The largest absolute Gasteiger partial charge is 0.506 e. The summed E-state index contributed by atoms with van der Waals surface area (Å²) in [7, 11) is 1.45. The Morgan fingerprint density at radius 3 is 2.37 bits per heavy atom. The fourth-order valence-electron chi connectivity index (χ4n) is 3.31. The smallest absolute Gasteiger partial charge is 0.344 e. The number of aliphatic hydroxyl groups is 1. The second-order valence-corrected chi connectivity index (χ2v) is 10.5. The highest BCUT2D eigenvalue weighted by molar-refractivity contribution is 8.18. The number of hydrogen-bond donors (Lipinski definition) is 1. The summed E-state index contributed by atoms with van der Waals surface area (Å²) in [6.07, 6.45) is 1.56. The van der Waals surface area contributed by atoms with Crippen LogP contribution in [0.4, 0.5) is 0 Å². The molecule has 1 aliphatic rings. The van der Waals surface area contributed by atoms with E-state index in [1.807, 2.05) is 12.1 Å². The number of esters is 1. The number of hydrogen-bond acceptors (Lipinski definition) is 6. The van der Waals surface area contributed by atoms with Gasteiger partial charge in [-0.1, -0.05) is 67.9 Å². The monoisotopic (exact) mass is 533 g/mol. The second-order valence-electron chi connectivity index (χ2n) is 8.61. The van der Waals surface area contributed by atoms with E-state index in [-0.39, 0.29) is 38.3 Å². The zero-order valence-corrected chi connectivity index (χ0v) is 22.3. The number of carbonyl (C=O) groups is 2. The molecule has 35 heavy (non-hydrogen) atoms. The van der Waals surface area contributed by atoms with Gasteiger partial charge in [0.2, 0.25) is 0 Å². The molecule has 1 aliphatic heterocycles. The number of methoxy groups -OCH3 is 1. The number of aliphatic imine (C=N–C) groups is 1. The summed E-state index contributed by atoms with van der Waals surface area (Å²) in [4.78, 5) is 30.0. The van der Waals surface area contributed by atoms with E-state index in [0.29, 0.717) is 21.9 Å². The number of nitrogens with zero attached hydrogens (tertiary/aromatic N) is 1. The van der Waals surface area contributed by atoms with Crippen molar-refractivity contribution in [1.29, 1.82) is 0 Å². The highest BCUT2D eigenvalue weighted by Gasteiger charge is 2.34. The molecule has 0 atom stereocenters. The van der Waals surface area contributed by atoms with Gasteiger partial charge in [0.05, 0.1) is 23.6 Å². The number of ether oxygens (including phenoxy) is 2. The standard InChI is InChI=1S/C26H25Cl2NO5S/c1-6-34-25(32)20-21(30)19(12-15-11-17(27)13-18(28)22(15)33-5)35-24(20)29-23(31)14-7-9-16(10-8-14)26(2,3)4/h7-13,30H,6H2,1-5H3/b19-12+,29-24?. The molecule has 1 amide bonds. The van der Waals surface area contributed by atoms with Gasteiger partial charge in [-0.15, -0.1) is 0 Å². The summed E-state index contributed by atoms with van der Waals surface area (Å²) in [6, 6.07) is 10.3. The van der Waals surface area contributed by atoms with E-state index in [0.717, 1.165) is 17.3 Å². The molecule has 184 valence electrons. The van der Waals surface area contributed by atoms with Crippen LogP contribution in [0.25, 0.3) is 6.08 Å². The molecule has 0 aliphatic carbocycles. The first-order valence-corrected chi connectivity index (χ1v) is 12.3. The molecule has 9 heteroatoms. The minimum absolute atomic E-state index is 0.0317. The van der Waals surface area contributed by atoms with Gasteiger partial charge in [0.1, 0.15) is 22.1 Å². The Morgan fingerprint density at radius 1 is 1.14 bits per heavy atom. The van der Waals surface area contributed by atoms with Gasteiger partial charge in [-0.2, -0.15) is 0 Å². The Labute approximate surface area is 218 Å². The van der Waals surface area contributed by atoms with E-state index in [1.54, 1.807) is 31.2 Å². The van der Waals surface area contributed by atoms with Crippen molar-refractivity contribution in [3.63, 3.8) is 0 Å². The molecule has 1 heterocycles. The lowest BCUT2D eigenvalue weighted by atomic mass is 9.87. The van der Waals surface area contributed by atoms with Crippen LogP contribution in [0, 0.1) is 0 Å². The highest BCUT2D eigenvalue weighted by atomic mass is 35.5. The summed E-state index contributed by atoms with van der Waals surface area (Å²) in [5, 5.41) is 11.6. The third-order valence-corrected chi connectivity index (χ3v) is 6.62. The fourth-order valence-corrected chi connectivity index (χ4v) is 4.90. The molecule has 0 saturated carbocycles. The van der Waals surface area contributed by atoms with Gasteiger partial charge in [0, 0.05) is 16.1 Å². The predicted molar refractivity (Wildman–Crippen MR) is 142 cm³/mol. The Balaban J connectivity index is 2.04. The van der Waals surface area contributed by atoms with Gasteiger partial charge in [-0.05, 0) is 48.2 Å². The van der Waals surface area contributed by atoms with Crippen LogP contribution >= 0.6 is 35.0 Å². The van der Waals surface area contributed by atoms with Crippen LogP contribution in [0.2, 0.25) is 10.0 Å². The molecule has 0 radical (unpaired) electrons.